The number of alkyl halides is 1. The van der Waals surface area contributed by atoms with E-state index >= 15 is 0 Å². The van der Waals surface area contributed by atoms with Crippen LogP contribution >= 0.6 is 11.6 Å². The van der Waals surface area contributed by atoms with Gasteiger partial charge in [0, 0.05) is 18.0 Å². The molecule has 0 aromatic carbocycles. The molecule has 0 saturated heterocycles. The molecule has 5 heteroatoms. The van der Waals surface area contributed by atoms with Crippen molar-refractivity contribution in [3.05, 3.63) is 12.2 Å². The van der Waals surface area contributed by atoms with Crippen LogP contribution in [-0.4, -0.2) is 31.0 Å². The van der Waals surface area contributed by atoms with E-state index in [0.717, 1.165) is 63.0 Å². The number of rotatable bonds is 17. The Labute approximate surface area is 158 Å². The Bertz CT molecular complexity index is 356. The average Bonchev–Trinajstić information content (AvgIpc) is 2.61. The fraction of sp³-hybridized carbons (Fsp3) is 0.800. The number of ether oxygens (including phenoxy) is 2. The summed E-state index contributed by atoms with van der Waals surface area (Å²) >= 11 is 5.63. The highest BCUT2D eigenvalue weighted by Crippen LogP contribution is 2.09. The first kappa shape index (κ1) is 24.0. The third kappa shape index (κ3) is 19.1. The number of hydrogen-bond donors (Lipinski definition) is 0. The van der Waals surface area contributed by atoms with Crippen LogP contribution in [0, 0.1) is 0 Å². The molecule has 0 aliphatic carbocycles. The van der Waals surface area contributed by atoms with Crippen molar-refractivity contribution in [1.82, 2.24) is 0 Å². The third-order valence-electron chi connectivity index (χ3n) is 3.87. The van der Waals surface area contributed by atoms with Crippen LogP contribution in [0.1, 0.15) is 84.0 Å². The summed E-state index contributed by atoms with van der Waals surface area (Å²) in [7, 11) is 0. The van der Waals surface area contributed by atoms with Crippen molar-refractivity contribution < 1.29 is 19.1 Å². The highest BCUT2D eigenvalue weighted by atomic mass is 35.5. The molecule has 146 valence electrons. The van der Waals surface area contributed by atoms with Crippen molar-refractivity contribution in [2.45, 2.75) is 84.0 Å². The van der Waals surface area contributed by atoms with Gasteiger partial charge in [-0.05, 0) is 19.3 Å². The standard InChI is InChI=1S/C20H35ClO4/c1-2-3-4-12-17-24-19(22)14-15-20(23)25-18-13-10-8-6-5-7-9-11-16-21/h14-15H,2-13,16-18H2,1H3/b15-14+. The van der Waals surface area contributed by atoms with Gasteiger partial charge in [0.2, 0.25) is 0 Å². The second kappa shape index (κ2) is 19.3. The lowest BCUT2D eigenvalue weighted by Gasteiger charge is -2.03. The Hall–Kier alpha value is -1.03. The lowest BCUT2D eigenvalue weighted by atomic mass is 10.1. The van der Waals surface area contributed by atoms with Gasteiger partial charge >= 0.3 is 11.9 Å². The summed E-state index contributed by atoms with van der Waals surface area (Å²) in [5.41, 5.74) is 0. The largest absolute Gasteiger partial charge is 0.463 e. The fourth-order valence-electron chi connectivity index (χ4n) is 2.36. The second-order valence-corrected chi connectivity index (χ2v) is 6.62. The summed E-state index contributed by atoms with van der Waals surface area (Å²) in [6.45, 7) is 2.94. The molecule has 0 radical (unpaired) electrons. The van der Waals surface area contributed by atoms with Crippen LogP contribution in [0.3, 0.4) is 0 Å². The van der Waals surface area contributed by atoms with Crippen LogP contribution < -0.4 is 0 Å². The van der Waals surface area contributed by atoms with E-state index in [-0.39, 0.29) is 0 Å². The van der Waals surface area contributed by atoms with E-state index in [1.807, 2.05) is 0 Å². The summed E-state index contributed by atoms with van der Waals surface area (Å²) in [6.07, 6.45) is 15.6. The molecule has 0 spiro atoms. The maximum absolute atomic E-state index is 11.5. The van der Waals surface area contributed by atoms with Crippen LogP contribution in [0.5, 0.6) is 0 Å². The Kier molecular flexibility index (Phi) is 18.5. The molecule has 0 aliphatic heterocycles. The zero-order valence-corrected chi connectivity index (χ0v) is 16.5. The molecule has 0 amide bonds. The number of hydrogen-bond acceptors (Lipinski definition) is 4. The van der Waals surface area contributed by atoms with Gasteiger partial charge in [-0.1, -0.05) is 64.7 Å². The van der Waals surface area contributed by atoms with Crippen LogP contribution in [0.2, 0.25) is 0 Å². The highest BCUT2D eigenvalue weighted by Gasteiger charge is 2.01. The SMILES string of the molecule is CCCCCCOC(=O)/C=C/C(=O)OCCCCCCCCCCCl. The van der Waals surface area contributed by atoms with E-state index in [1.165, 1.54) is 32.1 Å². The third-order valence-corrected chi connectivity index (χ3v) is 4.14. The van der Waals surface area contributed by atoms with Gasteiger partial charge in [0.25, 0.3) is 0 Å². The van der Waals surface area contributed by atoms with Crippen molar-refractivity contribution in [2.24, 2.45) is 0 Å². The Morgan fingerprint density at radius 1 is 0.680 bits per heavy atom. The van der Waals surface area contributed by atoms with Crippen molar-refractivity contribution in [3.8, 4) is 0 Å². The normalized spacial score (nSPS) is 11.0. The second-order valence-electron chi connectivity index (χ2n) is 6.25. The summed E-state index contributed by atoms with van der Waals surface area (Å²) in [5, 5.41) is 0. The molecule has 0 saturated carbocycles. The average molecular weight is 375 g/mol. The summed E-state index contributed by atoms with van der Waals surface area (Å²) in [4.78, 5) is 22.9. The lowest BCUT2D eigenvalue weighted by Crippen LogP contribution is -2.06. The molecule has 0 N–H and O–H groups in total. The molecule has 0 bridgehead atoms. The molecule has 0 heterocycles. The first-order valence-electron chi connectivity index (χ1n) is 9.78. The predicted molar refractivity (Wildman–Crippen MR) is 103 cm³/mol. The highest BCUT2D eigenvalue weighted by molar-refractivity contribution is 6.17. The molecule has 4 nitrogen and oxygen atoms in total. The molecule has 0 rings (SSSR count). The number of unbranched alkanes of at least 4 members (excludes halogenated alkanes) is 10. The molecule has 25 heavy (non-hydrogen) atoms. The minimum absolute atomic E-state index is 0.404. The first-order chi connectivity index (χ1) is 12.2. The maximum atomic E-state index is 11.5. The lowest BCUT2D eigenvalue weighted by molar-refractivity contribution is -0.140. The topological polar surface area (TPSA) is 52.6 Å². The van der Waals surface area contributed by atoms with Gasteiger partial charge in [-0.15, -0.1) is 11.6 Å². The summed E-state index contributed by atoms with van der Waals surface area (Å²) < 4.78 is 10.1. The fourth-order valence-corrected chi connectivity index (χ4v) is 2.55. The van der Waals surface area contributed by atoms with Crippen molar-refractivity contribution >= 4 is 23.5 Å². The molecule has 0 atom stereocenters. The molecule has 0 aliphatic rings. The molecule has 0 aromatic rings. The molecular formula is C20H35ClO4. The van der Waals surface area contributed by atoms with Crippen molar-refractivity contribution in [2.75, 3.05) is 19.1 Å². The molecular weight excluding hydrogens is 340 g/mol. The predicted octanol–water partition coefficient (Wildman–Crippen LogP) is 5.57. The number of carbonyl (C=O) groups excluding carboxylic acids is 2. The van der Waals surface area contributed by atoms with Crippen molar-refractivity contribution in [3.63, 3.8) is 0 Å². The van der Waals surface area contributed by atoms with Gasteiger partial charge < -0.3 is 9.47 Å². The van der Waals surface area contributed by atoms with Gasteiger partial charge in [-0.2, -0.15) is 0 Å². The minimum atomic E-state index is -0.484. The molecule has 0 unspecified atom stereocenters. The summed E-state index contributed by atoms with van der Waals surface area (Å²) in [6, 6.07) is 0. The van der Waals surface area contributed by atoms with E-state index in [0.29, 0.717) is 13.2 Å². The Morgan fingerprint density at radius 3 is 1.52 bits per heavy atom. The van der Waals surface area contributed by atoms with E-state index in [1.54, 1.807) is 0 Å². The smallest absolute Gasteiger partial charge is 0.331 e. The monoisotopic (exact) mass is 374 g/mol. The quantitative estimate of drug-likeness (QED) is 0.144. The van der Waals surface area contributed by atoms with Crippen molar-refractivity contribution in [1.29, 1.82) is 0 Å². The number of carbonyl (C=O) groups is 2. The van der Waals surface area contributed by atoms with Crippen LogP contribution in [-0.2, 0) is 19.1 Å². The summed E-state index contributed by atoms with van der Waals surface area (Å²) in [5.74, 6) is -0.206. The zero-order chi connectivity index (χ0) is 18.6. The number of esters is 2. The van der Waals surface area contributed by atoms with Gasteiger partial charge in [-0.3, -0.25) is 0 Å². The van der Waals surface area contributed by atoms with Gasteiger partial charge in [0.05, 0.1) is 13.2 Å². The van der Waals surface area contributed by atoms with Crippen LogP contribution in [0.4, 0.5) is 0 Å². The van der Waals surface area contributed by atoms with Gasteiger partial charge in [0.15, 0.2) is 0 Å². The maximum Gasteiger partial charge on any atom is 0.331 e. The molecule has 0 fully saturated rings. The van der Waals surface area contributed by atoms with Gasteiger partial charge in [0.1, 0.15) is 0 Å². The van der Waals surface area contributed by atoms with Crippen LogP contribution in [0.15, 0.2) is 12.2 Å². The van der Waals surface area contributed by atoms with E-state index in [2.05, 4.69) is 6.92 Å². The van der Waals surface area contributed by atoms with E-state index in [9.17, 15) is 9.59 Å². The minimum Gasteiger partial charge on any atom is -0.463 e. The Balaban J connectivity index is 3.43. The Morgan fingerprint density at radius 2 is 1.08 bits per heavy atom. The zero-order valence-electron chi connectivity index (χ0n) is 15.8. The number of halogens is 1. The molecule has 0 aromatic heterocycles. The van der Waals surface area contributed by atoms with Gasteiger partial charge in [-0.25, -0.2) is 9.59 Å². The van der Waals surface area contributed by atoms with E-state index in [4.69, 9.17) is 21.1 Å². The van der Waals surface area contributed by atoms with E-state index < -0.39 is 11.9 Å². The first-order valence-corrected chi connectivity index (χ1v) is 10.3. The van der Waals surface area contributed by atoms with Crippen LogP contribution in [0.25, 0.3) is 0 Å².